The second-order valence-corrected chi connectivity index (χ2v) is 11.3. The van der Waals surface area contributed by atoms with E-state index in [-0.39, 0.29) is 17.9 Å². The van der Waals surface area contributed by atoms with Crippen LogP contribution in [0.25, 0.3) is 0 Å². The summed E-state index contributed by atoms with van der Waals surface area (Å²) in [6.45, 7) is 19.6. The zero-order chi connectivity index (χ0) is 29.3. The molecule has 0 saturated heterocycles. The molecule has 38 heavy (non-hydrogen) atoms. The second kappa shape index (κ2) is 25.6. The number of nitrogens with one attached hydrogen (secondary N) is 5. The first-order chi connectivity index (χ1) is 17.8. The number of carbonyl (C=O) groups excluding carboxylic acids is 3. The molecule has 1 atom stereocenters. The Morgan fingerprint density at radius 1 is 0.526 bits per heavy atom. The third kappa shape index (κ3) is 30.5. The predicted molar refractivity (Wildman–Crippen MR) is 160 cm³/mol. The van der Waals surface area contributed by atoms with Crippen molar-refractivity contribution in [3.63, 3.8) is 0 Å². The molecule has 0 unspecified atom stereocenters. The highest BCUT2D eigenvalue weighted by Crippen LogP contribution is 2.03. The summed E-state index contributed by atoms with van der Waals surface area (Å²) in [4.78, 5) is 34.6. The van der Waals surface area contributed by atoms with Gasteiger partial charge in [0.25, 0.3) is 0 Å². The maximum atomic E-state index is 11.9. The first kappa shape index (κ1) is 38.4. The molecule has 9 nitrogen and oxygen atoms in total. The maximum absolute atomic E-state index is 11.9. The van der Waals surface area contributed by atoms with Crippen LogP contribution in [-0.4, -0.2) is 67.6 Å². The van der Waals surface area contributed by atoms with Crippen molar-refractivity contribution in [3.8, 4) is 0 Å². The van der Waals surface area contributed by atoms with E-state index in [0.717, 1.165) is 64.6 Å². The zero-order valence-corrected chi connectivity index (χ0v) is 25.9. The van der Waals surface area contributed by atoms with Gasteiger partial charge in [0.15, 0.2) is 0 Å². The summed E-state index contributed by atoms with van der Waals surface area (Å²) in [7, 11) is 0. The van der Waals surface area contributed by atoms with E-state index >= 15 is 0 Å². The third-order valence-electron chi connectivity index (χ3n) is 5.62. The topological polar surface area (TPSA) is 137 Å². The minimum absolute atomic E-state index is 0.0846. The van der Waals surface area contributed by atoms with E-state index < -0.39 is 11.9 Å². The highest BCUT2D eigenvalue weighted by molar-refractivity contribution is 5.86. The van der Waals surface area contributed by atoms with E-state index in [0.29, 0.717) is 37.4 Å². The lowest BCUT2D eigenvalue weighted by Crippen LogP contribution is -2.44. The van der Waals surface area contributed by atoms with E-state index in [1.54, 1.807) is 0 Å². The van der Waals surface area contributed by atoms with Crippen molar-refractivity contribution in [2.24, 2.45) is 5.73 Å². The molecule has 0 fully saturated rings. The highest BCUT2D eigenvalue weighted by atomic mass is 16.2. The molecule has 0 aliphatic rings. The molecule has 0 aromatic heterocycles. The third-order valence-corrected chi connectivity index (χ3v) is 5.62. The van der Waals surface area contributed by atoms with Crippen molar-refractivity contribution in [1.29, 1.82) is 0 Å². The van der Waals surface area contributed by atoms with Gasteiger partial charge in [-0.25, -0.2) is 0 Å². The average molecular weight is 543 g/mol. The van der Waals surface area contributed by atoms with E-state index in [2.05, 4.69) is 68.1 Å². The van der Waals surface area contributed by atoms with Crippen LogP contribution in [0.15, 0.2) is 0 Å². The van der Waals surface area contributed by atoms with Crippen LogP contribution in [0.4, 0.5) is 0 Å². The second-order valence-electron chi connectivity index (χ2n) is 11.3. The van der Waals surface area contributed by atoms with E-state index in [4.69, 9.17) is 5.73 Å². The first-order valence-corrected chi connectivity index (χ1v) is 14.9. The van der Waals surface area contributed by atoms with Crippen molar-refractivity contribution in [3.05, 3.63) is 0 Å². The normalized spacial score (nSPS) is 12.0. The fourth-order valence-corrected chi connectivity index (χ4v) is 3.59. The van der Waals surface area contributed by atoms with Gasteiger partial charge < -0.3 is 32.3 Å². The van der Waals surface area contributed by atoms with Crippen molar-refractivity contribution >= 4 is 17.7 Å². The molecule has 0 saturated carbocycles. The van der Waals surface area contributed by atoms with Crippen molar-refractivity contribution < 1.29 is 14.4 Å². The van der Waals surface area contributed by atoms with Gasteiger partial charge in [-0.1, -0.05) is 48.0 Å². The molecule has 226 valence electrons. The maximum Gasteiger partial charge on any atom is 0.239 e. The first-order valence-electron chi connectivity index (χ1n) is 14.9. The van der Waals surface area contributed by atoms with Gasteiger partial charge in [-0.2, -0.15) is 0 Å². The van der Waals surface area contributed by atoms with Crippen LogP contribution < -0.4 is 32.3 Å². The quantitative estimate of drug-likeness (QED) is 0.116. The molecule has 0 aromatic carbocycles. The van der Waals surface area contributed by atoms with Gasteiger partial charge in [-0.15, -0.1) is 0 Å². The average Bonchev–Trinajstić information content (AvgIpc) is 2.79. The van der Waals surface area contributed by atoms with Crippen LogP contribution in [0, 0.1) is 0 Å². The summed E-state index contributed by atoms with van der Waals surface area (Å²) in [5.74, 6) is -0.350. The van der Waals surface area contributed by atoms with Gasteiger partial charge in [-0.05, 0) is 78.4 Å². The van der Waals surface area contributed by atoms with Gasteiger partial charge in [0.2, 0.25) is 17.7 Å². The van der Waals surface area contributed by atoms with E-state index in [9.17, 15) is 14.4 Å². The van der Waals surface area contributed by atoms with Crippen LogP contribution in [0.3, 0.4) is 0 Å². The molecule has 0 radical (unpaired) electrons. The van der Waals surface area contributed by atoms with E-state index in [1.165, 1.54) is 0 Å². The number of carbonyl (C=O) groups is 3. The predicted octanol–water partition coefficient (Wildman–Crippen LogP) is 3.36. The zero-order valence-electron chi connectivity index (χ0n) is 25.9. The summed E-state index contributed by atoms with van der Waals surface area (Å²) in [6.07, 6.45) is 8.61. The smallest absolute Gasteiger partial charge is 0.239 e. The summed E-state index contributed by atoms with van der Waals surface area (Å²) in [5.41, 5.74) is 5.38. The summed E-state index contributed by atoms with van der Waals surface area (Å²) < 4.78 is 0. The van der Waals surface area contributed by atoms with Gasteiger partial charge in [0.05, 0.1) is 0 Å². The standard InChI is InChI=1S/C17H36N4O2.C12H26N2O/c1-13(2)19-11-7-5-9-15(17(18)23)21-16(22)10-6-8-12-20-14(3)4;1-10(2)13-9-7-5-6-8-12(15)14-11(3)4/h13-15,19-20H,5-12H2,1-4H3,(H2,18,23)(H,21,22);10-11,13H,5-9H2,1-4H3,(H,14,15)/t15-;/m1./s1. The Hall–Kier alpha value is -1.71. The molecule has 0 heterocycles. The number of hydrogen-bond acceptors (Lipinski definition) is 6. The van der Waals surface area contributed by atoms with Crippen LogP contribution >= 0.6 is 0 Å². The highest BCUT2D eigenvalue weighted by Gasteiger charge is 2.17. The Balaban J connectivity index is 0. The Morgan fingerprint density at radius 3 is 1.34 bits per heavy atom. The Labute approximate surface area is 234 Å². The number of primary amides is 1. The van der Waals surface area contributed by atoms with Crippen molar-refractivity contribution in [2.75, 3.05) is 19.6 Å². The molecule has 0 bridgehead atoms. The fourth-order valence-electron chi connectivity index (χ4n) is 3.59. The Kier molecular flexibility index (Phi) is 25.9. The lowest BCUT2D eigenvalue weighted by atomic mass is 10.1. The van der Waals surface area contributed by atoms with Crippen LogP contribution in [-0.2, 0) is 14.4 Å². The molecule has 0 aliphatic carbocycles. The number of amides is 3. The van der Waals surface area contributed by atoms with E-state index in [1.807, 2.05) is 13.8 Å². The monoisotopic (exact) mass is 542 g/mol. The summed E-state index contributed by atoms with van der Waals surface area (Å²) in [6, 6.07) is 1.21. The molecular formula is C29H62N6O3. The molecule has 9 heteroatoms. The molecule has 3 amide bonds. The molecule has 0 rings (SSSR count). The number of unbranched alkanes of at least 4 members (excludes halogenated alkanes) is 4. The van der Waals surface area contributed by atoms with Gasteiger partial charge in [0, 0.05) is 37.0 Å². The molecular weight excluding hydrogens is 480 g/mol. The molecule has 0 aliphatic heterocycles. The lowest BCUT2D eigenvalue weighted by Gasteiger charge is -2.16. The number of nitrogens with two attached hydrogens (primary N) is 1. The SMILES string of the molecule is CC(C)NCCCCC(=O)N[C@H](CCCCNC(C)C)C(N)=O.CC(C)NCCCCCC(=O)NC(C)C. The summed E-state index contributed by atoms with van der Waals surface area (Å²) in [5, 5.41) is 15.7. The number of rotatable bonds is 22. The minimum Gasteiger partial charge on any atom is -0.368 e. The Morgan fingerprint density at radius 2 is 0.921 bits per heavy atom. The molecule has 7 N–H and O–H groups in total. The van der Waals surface area contributed by atoms with Gasteiger partial charge >= 0.3 is 0 Å². The Bertz CT molecular complexity index is 597. The minimum atomic E-state index is -0.546. The van der Waals surface area contributed by atoms with Gasteiger partial charge in [0.1, 0.15) is 6.04 Å². The van der Waals surface area contributed by atoms with Crippen LogP contribution in [0.1, 0.15) is 120 Å². The van der Waals surface area contributed by atoms with Crippen molar-refractivity contribution in [1.82, 2.24) is 26.6 Å². The molecule has 0 aromatic rings. The van der Waals surface area contributed by atoms with Crippen LogP contribution in [0.2, 0.25) is 0 Å². The van der Waals surface area contributed by atoms with Gasteiger partial charge in [-0.3, -0.25) is 14.4 Å². The summed E-state index contributed by atoms with van der Waals surface area (Å²) >= 11 is 0. The van der Waals surface area contributed by atoms with Crippen molar-refractivity contribution in [2.45, 2.75) is 150 Å². The molecule has 0 spiro atoms. The fraction of sp³-hybridized carbons (Fsp3) is 0.897. The number of hydrogen-bond donors (Lipinski definition) is 6. The largest absolute Gasteiger partial charge is 0.368 e. The van der Waals surface area contributed by atoms with Crippen LogP contribution in [0.5, 0.6) is 0 Å². The lowest BCUT2D eigenvalue weighted by molar-refractivity contribution is -0.127.